The van der Waals surface area contributed by atoms with Gasteiger partial charge in [-0.25, -0.2) is 0 Å². The van der Waals surface area contributed by atoms with Crippen molar-refractivity contribution in [3.05, 3.63) is 35.4 Å². The first kappa shape index (κ1) is 32.2. The molecule has 11 nitrogen and oxygen atoms in total. The van der Waals surface area contributed by atoms with Gasteiger partial charge in [0.05, 0.1) is 6.04 Å². The summed E-state index contributed by atoms with van der Waals surface area (Å²) in [6, 6.07) is 1.26. The summed E-state index contributed by atoms with van der Waals surface area (Å²) in [6.07, 6.45) is -4.57. The summed E-state index contributed by atoms with van der Waals surface area (Å²) >= 11 is 0. The quantitative estimate of drug-likeness (QED) is 0.314. The Balaban J connectivity index is 2.14. The summed E-state index contributed by atoms with van der Waals surface area (Å²) in [5.74, 6) is -7.37. The zero-order valence-electron chi connectivity index (χ0n) is 22.5. The van der Waals surface area contributed by atoms with Crippen LogP contribution in [-0.4, -0.2) is 82.8 Å². The van der Waals surface area contributed by atoms with Crippen LogP contribution in [0.25, 0.3) is 0 Å². The number of carbonyl (C=O) groups is 6. The van der Waals surface area contributed by atoms with Gasteiger partial charge in [-0.15, -0.1) is 0 Å². The van der Waals surface area contributed by atoms with Gasteiger partial charge in [0.25, 0.3) is 17.6 Å². The van der Waals surface area contributed by atoms with Gasteiger partial charge < -0.3 is 26.0 Å². The Hall–Kier alpha value is -3.97. The average molecular weight is 571 g/mol. The minimum atomic E-state index is -5.14. The number of Topliss-reactive ketones (excluding diaryl/α,β-unsaturated/α-hetero) is 1. The molecule has 0 radical (unpaired) electrons. The molecule has 2 rings (SSSR count). The van der Waals surface area contributed by atoms with E-state index in [1.54, 1.807) is 13.8 Å². The zero-order chi connectivity index (χ0) is 30.4. The number of hydrogen-bond donors (Lipinski definition) is 4. The SMILES string of the molecule is CC(C)[C@H](NC(=O)c1ccc(C(=O)NCC(=O)O)cc1)C(=O)N1CCC[C@H]1C(=O)N[C@@H](C(=O)C(F)(F)F)C(C)C. The fourth-order valence-corrected chi connectivity index (χ4v) is 4.21. The van der Waals surface area contributed by atoms with Crippen molar-refractivity contribution in [3.63, 3.8) is 0 Å². The highest BCUT2D eigenvalue weighted by Crippen LogP contribution is 2.24. The molecule has 1 aliphatic heterocycles. The number of nitrogens with one attached hydrogen (secondary N) is 3. The van der Waals surface area contributed by atoms with E-state index in [-0.39, 0.29) is 24.1 Å². The lowest BCUT2D eigenvalue weighted by Gasteiger charge is -2.32. The number of carboxylic acid groups (broad SMARTS) is 1. The van der Waals surface area contributed by atoms with Crippen LogP contribution >= 0.6 is 0 Å². The third kappa shape index (κ3) is 8.26. The van der Waals surface area contributed by atoms with Gasteiger partial charge in [-0.1, -0.05) is 27.7 Å². The fourth-order valence-electron chi connectivity index (χ4n) is 4.21. The van der Waals surface area contributed by atoms with E-state index in [9.17, 15) is 41.9 Å². The maximum Gasteiger partial charge on any atom is 0.452 e. The van der Waals surface area contributed by atoms with Crippen molar-refractivity contribution in [1.82, 2.24) is 20.9 Å². The summed E-state index contributed by atoms with van der Waals surface area (Å²) in [7, 11) is 0. The molecule has 0 aliphatic carbocycles. The molecule has 1 aromatic rings. The first-order valence-electron chi connectivity index (χ1n) is 12.7. The molecule has 220 valence electrons. The molecule has 4 amide bonds. The molecule has 0 unspecified atom stereocenters. The molecule has 1 saturated heterocycles. The Morgan fingerprint density at radius 3 is 1.90 bits per heavy atom. The number of alkyl halides is 3. The molecule has 1 aromatic carbocycles. The smallest absolute Gasteiger partial charge is 0.452 e. The molecule has 14 heteroatoms. The molecular formula is C26H33F3N4O7. The molecule has 3 atom stereocenters. The predicted molar refractivity (Wildman–Crippen MR) is 135 cm³/mol. The normalized spacial score (nSPS) is 16.8. The number of rotatable bonds is 11. The number of amides is 4. The summed E-state index contributed by atoms with van der Waals surface area (Å²) in [5, 5.41) is 15.6. The van der Waals surface area contributed by atoms with Crippen molar-refractivity contribution in [1.29, 1.82) is 0 Å². The van der Waals surface area contributed by atoms with Gasteiger partial charge in [0.1, 0.15) is 18.6 Å². The molecule has 0 bridgehead atoms. The number of aliphatic carboxylic acids is 1. The van der Waals surface area contributed by atoms with Gasteiger partial charge >= 0.3 is 12.1 Å². The minimum absolute atomic E-state index is 0.106. The van der Waals surface area contributed by atoms with Crippen LogP contribution in [0.5, 0.6) is 0 Å². The van der Waals surface area contributed by atoms with E-state index >= 15 is 0 Å². The van der Waals surface area contributed by atoms with Crippen molar-refractivity contribution >= 4 is 35.4 Å². The second-order valence-electron chi connectivity index (χ2n) is 10.1. The number of nitrogens with zero attached hydrogens (tertiary/aromatic N) is 1. The molecule has 0 aromatic heterocycles. The molecule has 40 heavy (non-hydrogen) atoms. The van der Waals surface area contributed by atoms with E-state index in [0.717, 1.165) is 0 Å². The summed E-state index contributed by atoms with van der Waals surface area (Å²) in [5.41, 5.74) is 0.221. The van der Waals surface area contributed by atoms with Crippen LogP contribution < -0.4 is 16.0 Å². The van der Waals surface area contributed by atoms with E-state index in [1.165, 1.54) is 43.0 Å². The van der Waals surface area contributed by atoms with Crippen molar-refractivity contribution in [3.8, 4) is 0 Å². The third-order valence-corrected chi connectivity index (χ3v) is 6.39. The second-order valence-corrected chi connectivity index (χ2v) is 10.1. The molecule has 1 fully saturated rings. The van der Waals surface area contributed by atoms with Gasteiger partial charge in [0, 0.05) is 17.7 Å². The standard InChI is InChI=1S/C26H33F3N4O7/c1-13(2)19(21(36)26(27,28)29)31-24(39)17-6-5-11-33(17)25(40)20(14(3)4)32-23(38)16-9-7-15(8-10-16)22(37)30-12-18(34)35/h7-10,13-14,17,19-20H,5-6,11-12H2,1-4H3,(H,30,37)(H,31,39)(H,32,38)(H,34,35)/t17-,19+,20-/m0/s1. The van der Waals surface area contributed by atoms with Crippen LogP contribution in [0.4, 0.5) is 13.2 Å². The lowest BCUT2D eigenvalue weighted by Crippen LogP contribution is -2.58. The largest absolute Gasteiger partial charge is 0.480 e. The number of benzene rings is 1. The molecule has 1 aliphatic rings. The number of hydrogen-bond acceptors (Lipinski definition) is 6. The van der Waals surface area contributed by atoms with Crippen LogP contribution in [0.15, 0.2) is 24.3 Å². The number of likely N-dealkylation sites (tertiary alicyclic amines) is 1. The number of ketones is 1. The lowest BCUT2D eigenvalue weighted by molar-refractivity contribution is -0.175. The van der Waals surface area contributed by atoms with E-state index in [0.29, 0.717) is 6.42 Å². The Labute approximate surface area is 228 Å². The predicted octanol–water partition coefficient (Wildman–Crippen LogP) is 1.52. The summed E-state index contributed by atoms with van der Waals surface area (Å²) < 4.78 is 39.1. The van der Waals surface area contributed by atoms with Crippen LogP contribution in [-0.2, 0) is 19.2 Å². The zero-order valence-corrected chi connectivity index (χ0v) is 22.5. The fraction of sp³-hybridized carbons (Fsp3) is 0.538. The monoisotopic (exact) mass is 570 g/mol. The highest BCUT2D eigenvalue weighted by Gasteiger charge is 2.46. The second kappa shape index (κ2) is 13.4. The van der Waals surface area contributed by atoms with Crippen LogP contribution in [0, 0.1) is 11.8 Å². The van der Waals surface area contributed by atoms with Crippen LogP contribution in [0.2, 0.25) is 0 Å². The van der Waals surface area contributed by atoms with Gasteiger partial charge in [0.15, 0.2) is 0 Å². The lowest BCUT2D eigenvalue weighted by atomic mass is 9.98. The first-order chi connectivity index (χ1) is 18.5. The Morgan fingerprint density at radius 2 is 1.43 bits per heavy atom. The molecule has 4 N–H and O–H groups in total. The van der Waals surface area contributed by atoms with E-state index < -0.39 is 78.1 Å². The highest BCUT2D eigenvalue weighted by atomic mass is 19.4. The van der Waals surface area contributed by atoms with Crippen molar-refractivity contribution in [2.24, 2.45) is 11.8 Å². The van der Waals surface area contributed by atoms with Crippen LogP contribution in [0.3, 0.4) is 0 Å². The van der Waals surface area contributed by atoms with E-state index in [1.807, 2.05) is 0 Å². The molecule has 0 spiro atoms. The maximum absolute atomic E-state index is 13.4. The summed E-state index contributed by atoms with van der Waals surface area (Å²) in [4.78, 5) is 74.9. The number of carbonyl (C=O) groups excluding carboxylic acids is 5. The van der Waals surface area contributed by atoms with Crippen molar-refractivity contribution in [2.45, 2.75) is 64.8 Å². The molecular weight excluding hydrogens is 537 g/mol. The first-order valence-corrected chi connectivity index (χ1v) is 12.7. The molecule has 0 saturated carbocycles. The Bertz CT molecular complexity index is 1140. The summed E-state index contributed by atoms with van der Waals surface area (Å²) in [6.45, 7) is 5.62. The Kier molecular flexibility index (Phi) is 10.8. The van der Waals surface area contributed by atoms with Crippen LogP contribution in [0.1, 0.15) is 61.3 Å². The highest BCUT2D eigenvalue weighted by molar-refractivity contribution is 6.01. The van der Waals surface area contributed by atoms with E-state index in [4.69, 9.17) is 5.11 Å². The minimum Gasteiger partial charge on any atom is -0.480 e. The van der Waals surface area contributed by atoms with Crippen molar-refractivity contribution in [2.75, 3.05) is 13.1 Å². The average Bonchev–Trinajstić information content (AvgIpc) is 3.37. The van der Waals surface area contributed by atoms with Gasteiger partial charge in [0.2, 0.25) is 11.8 Å². The van der Waals surface area contributed by atoms with Crippen molar-refractivity contribution < 1.29 is 47.0 Å². The van der Waals surface area contributed by atoms with Gasteiger partial charge in [-0.3, -0.25) is 28.8 Å². The molecule has 1 heterocycles. The number of halogens is 3. The third-order valence-electron chi connectivity index (χ3n) is 6.39. The van der Waals surface area contributed by atoms with E-state index in [2.05, 4.69) is 16.0 Å². The van der Waals surface area contributed by atoms with Gasteiger partial charge in [-0.2, -0.15) is 13.2 Å². The number of carboxylic acids is 1. The maximum atomic E-state index is 13.4. The van der Waals surface area contributed by atoms with Gasteiger partial charge in [-0.05, 0) is 48.9 Å². The Morgan fingerprint density at radius 1 is 0.900 bits per heavy atom. The topological polar surface area (TPSA) is 162 Å².